The number of aliphatic carboxylic acids is 1. The molecular weight excluding hydrogens is 302 g/mol. The van der Waals surface area contributed by atoms with Gasteiger partial charge in [0.1, 0.15) is 0 Å². The van der Waals surface area contributed by atoms with Crippen molar-refractivity contribution in [1.29, 1.82) is 0 Å². The zero-order valence-corrected chi connectivity index (χ0v) is 14.2. The van der Waals surface area contributed by atoms with Crippen molar-refractivity contribution in [3.05, 3.63) is 35.4 Å². The van der Waals surface area contributed by atoms with E-state index in [1.807, 2.05) is 6.92 Å². The fourth-order valence-electron chi connectivity index (χ4n) is 5.19. The van der Waals surface area contributed by atoms with Gasteiger partial charge in [0.25, 0.3) is 0 Å². The Balaban J connectivity index is 1.51. The van der Waals surface area contributed by atoms with E-state index in [9.17, 15) is 14.7 Å². The van der Waals surface area contributed by atoms with Crippen LogP contribution in [0, 0.1) is 11.8 Å². The zero-order valence-electron chi connectivity index (χ0n) is 14.2. The molecule has 2 N–H and O–H groups in total. The molecule has 0 aromatic heterocycles. The Hall–Kier alpha value is -1.84. The fraction of sp³-hybridized carbons (Fsp3) is 0.600. The molecule has 4 heteroatoms. The highest BCUT2D eigenvalue weighted by atomic mass is 16.4. The summed E-state index contributed by atoms with van der Waals surface area (Å²) < 4.78 is 0. The normalized spacial score (nSPS) is 37.0. The summed E-state index contributed by atoms with van der Waals surface area (Å²) in [5.74, 6) is -1.19. The third-order valence-electron chi connectivity index (χ3n) is 6.70. The van der Waals surface area contributed by atoms with E-state index in [-0.39, 0.29) is 17.2 Å². The Morgan fingerprint density at radius 3 is 2.75 bits per heavy atom. The SMILES string of the molecule is CC1(NC(=O)C2CC23CCc2ccccc23)CCCCC1C(=O)O. The molecule has 1 aromatic carbocycles. The minimum Gasteiger partial charge on any atom is -0.481 e. The van der Waals surface area contributed by atoms with Gasteiger partial charge in [0, 0.05) is 11.3 Å². The molecule has 4 rings (SSSR count). The topological polar surface area (TPSA) is 66.4 Å². The average Bonchev–Trinajstić information content (AvgIpc) is 3.17. The number of nitrogens with one attached hydrogen (secondary N) is 1. The number of carboxylic acids is 1. The minimum absolute atomic E-state index is 0.00865. The predicted octanol–water partition coefficient (Wildman–Crippen LogP) is 3.04. The second kappa shape index (κ2) is 5.33. The number of rotatable bonds is 3. The molecule has 2 fully saturated rings. The van der Waals surface area contributed by atoms with Gasteiger partial charge in [-0.05, 0) is 50.2 Å². The molecule has 0 radical (unpaired) electrons. The Labute approximate surface area is 142 Å². The summed E-state index contributed by atoms with van der Waals surface area (Å²) in [6.07, 6.45) is 6.33. The molecule has 128 valence electrons. The highest BCUT2D eigenvalue weighted by Gasteiger charge is 2.62. The third-order valence-corrected chi connectivity index (χ3v) is 6.70. The van der Waals surface area contributed by atoms with Crippen LogP contribution in [0.5, 0.6) is 0 Å². The quantitative estimate of drug-likeness (QED) is 0.897. The minimum atomic E-state index is -0.783. The van der Waals surface area contributed by atoms with E-state index >= 15 is 0 Å². The molecule has 4 nitrogen and oxygen atoms in total. The first kappa shape index (κ1) is 15.7. The lowest BCUT2D eigenvalue weighted by molar-refractivity contribution is -0.146. The van der Waals surface area contributed by atoms with Crippen molar-refractivity contribution in [3.63, 3.8) is 0 Å². The van der Waals surface area contributed by atoms with Crippen LogP contribution in [0.15, 0.2) is 24.3 Å². The van der Waals surface area contributed by atoms with Crippen molar-refractivity contribution < 1.29 is 14.7 Å². The van der Waals surface area contributed by atoms with E-state index in [0.717, 1.165) is 38.5 Å². The third kappa shape index (κ3) is 2.27. The maximum atomic E-state index is 12.9. The van der Waals surface area contributed by atoms with Gasteiger partial charge in [0.05, 0.1) is 11.5 Å². The van der Waals surface area contributed by atoms with Gasteiger partial charge in [0.15, 0.2) is 0 Å². The lowest BCUT2D eigenvalue weighted by Gasteiger charge is -2.40. The van der Waals surface area contributed by atoms with Crippen LogP contribution in [0.25, 0.3) is 0 Å². The van der Waals surface area contributed by atoms with Gasteiger partial charge in [-0.3, -0.25) is 9.59 Å². The van der Waals surface area contributed by atoms with Gasteiger partial charge in [-0.1, -0.05) is 37.1 Å². The number of hydrogen-bond donors (Lipinski definition) is 2. The summed E-state index contributed by atoms with van der Waals surface area (Å²) in [6, 6.07) is 8.45. The smallest absolute Gasteiger partial charge is 0.308 e. The van der Waals surface area contributed by atoms with Crippen LogP contribution in [0.1, 0.15) is 56.6 Å². The number of fused-ring (bicyclic) bond motifs is 2. The number of amides is 1. The Morgan fingerprint density at radius 1 is 1.17 bits per heavy atom. The Kier molecular flexibility index (Phi) is 3.48. The van der Waals surface area contributed by atoms with Crippen LogP contribution in [0.4, 0.5) is 0 Å². The lowest BCUT2D eigenvalue weighted by atomic mass is 9.73. The summed E-state index contributed by atoms with van der Waals surface area (Å²) >= 11 is 0. The molecule has 3 aliphatic carbocycles. The van der Waals surface area contributed by atoms with Crippen molar-refractivity contribution in [2.45, 2.75) is 62.8 Å². The highest BCUT2D eigenvalue weighted by molar-refractivity contribution is 5.86. The van der Waals surface area contributed by atoms with E-state index in [0.29, 0.717) is 6.42 Å². The standard InChI is InChI=1S/C20H25NO3/c1-19(10-5-4-8-15(19)18(23)24)21-17(22)16-12-20(16)11-9-13-6-2-3-7-14(13)20/h2-3,6-7,15-16H,4-5,8-12H2,1H3,(H,21,22)(H,23,24). The van der Waals surface area contributed by atoms with Crippen LogP contribution in [0.3, 0.4) is 0 Å². The summed E-state index contributed by atoms with van der Waals surface area (Å²) in [5, 5.41) is 12.7. The van der Waals surface area contributed by atoms with Gasteiger partial charge in [-0.2, -0.15) is 0 Å². The van der Waals surface area contributed by atoms with Crippen molar-refractivity contribution in [2.75, 3.05) is 0 Å². The van der Waals surface area contributed by atoms with E-state index in [4.69, 9.17) is 0 Å². The maximum absolute atomic E-state index is 12.9. The number of hydrogen-bond acceptors (Lipinski definition) is 2. The number of carbonyl (C=O) groups excluding carboxylic acids is 1. The first-order valence-electron chi connectivity index (χ1n) is 9.09. The second-order valence-electron chi connectivity index (χ2n) is 8.11. The van der Waals surface area contributed by atoms with Gasteiger partial charge >= 0.3 is 5.97 Å². The zero-order chi connectivity index (χ0) is 16.9. The van der Waals surface area contributed by atoms with Crippen molar-refractivity contribution >= 4 is 11.9 Å². The predicted molar refractivity (Wildman–Crippen MR) is 90.7 cm³/mol. The number of benzene rings is 1. The van der Waals surface area contributed by atoms with Gasteiger partial charge < -0.3 is 10.4 Å². The molecule has 1 aromatic rings. The molecule has 4 atom stereocenters. The van der Waals surface area contributed by atoms with Crippen LogP contribution in [-0.4, -0.2) is 22.5 Å². The monoisotopic (exact) mass is 327 g/mol. The van der Waals surface area contributed by atoms with Crippen molar-refractivity contribution in [2.24, 2.45) is 11.8 Å². The van der Waals surface area contributed by atoms with Crippen LogP contribution in [0.2, 0.25) is 0 Å². The summed E-state index contributed by atoms with van der Waals surface area (Å²) in [7, 11) is 0. The summed E-state index contributed by atoms with van der Waals surface area (Å²) in [5.41, 5.74) is 2.13. The first-order valence-corrected chi connectivity index (χ1v) is 9.09. The van der Waals surface area contributed by atoms with E-state index in [2.05, 4.69) is 29.6 Å². The largest absolute Gasteiger partial charge is 0.481 e. The fourth-order valence-corrected chi connectivity index (χ4v) is 5.19. The van der Waals surface area contributed by atoms with Gasteiger partial charge in [0.2, 0.25) is 5.91 Å². The van der Waals surface area contributed by atoms with Crippen LogP contribution in [-0.2, 0) is 21.4 Å². The van der Waals surface area contributed by atoms with Crippen LogP contribution >= 0.6 is 0 Å². The molecule has 1 amide bonds. The van der Waals surface area contributed by atoms with Gasteiger partial charge in [-0.25, -0.2) is 0 Å². The molecule has 3 aliphatic rings. The molecule has 0 bridgehead atoms. The molecule has 4 unspecified atom stereocenters. The maximum Gasteiger partial charge on any atom is 0.308 e. The van der Waals surface area contributed by atoms with E-state index in [1.54, 1.807) is 0 Å². The molecule has 0 heterocycles. The van der Waals surface area contributed by atoms with Crippen molar-refractivity contribution in [3.8, 4) is 0 Å². The van der Waals surface area contributed by atoms with Gasteiger partial charge in [-0.15, -0.1) is 0 Å². The summed E-state index contributed by atoms with van der Waals surface area (Å²) in [4.78, 5) is 24.5. The summed E-state index contributed by atoms with van der Waals surface area (Å²) in [6.45, 7) is 1.92. The highest BCUT2D eigenvalue weighted by Crippen LogP contribution is 2.61. The molecule has 1 spiro atoms. The van der Waals surface area contributed by atoms with E-state index < -0.39 is 17.4 Å². The van der Waals surface area contributed by atoms with Crippen molar-refractivity contribution in [1.82, 2.24) is 5.32 Å². The second-order valence-corrected chi connectivity index (χ2v) is 8.11. The number of carbonyl (C=O) groups is 2. The molecule has 0 saturated heterocycles. The Bertz CT molecular complexity index is 700. The van der Waals surface area contributed by atoms with E-state index in [1.165, 1.54) is 11.1 Å². The average molecular weight is 327 g/mol. The first-order chi connectivity index (χ1) is 11.5. The molecule has 24 heavy (non-hydrogen) atoms. The lowest BCUT2D eigenvalue weighted by Crippen LogP contribution is -2.56. The number of aryl methyl sites for hydroxylation is 1. The molecule has 0 aliphatic heterocycles. The Morgan fingerprint density at radius 2 is 1.96 bits per heavy atom. The molecular formula is C20H25NO3. The molecule has 2 saturated carbocycles. The number of carboxylic acid groups (broad SMARTS) is 1. The van der Waals surface area contributed by atoms with Crippen LogP contribution < -0.4 is 5.32 Å².